The molecule has 0 bridgehead atoms. The normalized spacial score (nSPS) is 12.6. The average molecular weight is 268 g/mol. The molecule has 0 aliphatic heterocycles. The Kier molecular flexibility index (Phi) is 6.80. The summed E-state index contributed by atoms with van der Waals surface area (Å²) in [4.78, 5) is 1.94. The van der Waals surface area contributed by atoms with E-state index in [1.807, 2.05) is 36.1 Å². The highest BCUT2D eigenvalue weighted by Crippen LogP contribution is 2.20. The largest absolute Gasteiger partial charge is 0.355 e. The maximum absolute atomic E-state index is 11.5. The molecule has 1 atom stereocenters. The minimum absolute atomic E-state index is 0.396. The number of nitrogens with zero attached hydrogens (tertiary/aromatic N) is 1. The molecule has 1 radical (unpaired) electrons. The molecular formula is C14H22NO2S. The monoisotopic (exact) mass is 268 g/mol. The first kappa shape index (κ1) is 15.0. The van der Waals surface area contributed by atoms with Crippen LogP contribution in [0.15, 0.2) is 24.3 Å². The van der Waals surface area contributed by atoms with E-state index in [4.69, 9.17) is 0 Å². The first-order valence-electron chi connectivity index (χ1n) is 6.57. The lowest BCUT2D eigenvalue weighted by molar-refractivity contribution is 0.564. The molecule has 1 aromatic carbocycles. The van der Waals surface area contributed by atoms with Crippen molar-refractivity contribution in [2.45, 2.75) is 44.9 Å². The minimum atomic E-state index is -2.44. The Morgan fingerprint density at radius 1 is 1.33 bits per heavy atom. The van der Waals surface area contributed by atoms with E-state index in [0.717, 1.165) is 24.9 Å². The maximum Gasteiger partial charge on any atom is 0.161 e. The van der Waals surface area contributed by atoms with Gasteiger partial charge in [-0.15, -0.1) is 0 Å². The van der Waals surface area contributed by atoms with Crippen molar-refractivity contribution in [3.63, 3.8) is 0 Å². The third-order valence-electron chi connectivity index (χ3n) is 3.03. The van der Waals surface area contributed by atoms with Crippen molar-refractivity contribution < 1.29 is 8.42 Å². The van der Waals surface area contributed by atoms with Gasteiger partial charge in [-0.05, 0) is 31.5 Å². The maximum atomic E-state index is 11.5. The van der Waals surface area contributed by atoms with Crippen molar-refractivity contribution in [2.24, 2.45) is 0 Å². The number of hydrogen-bond acceptors (Lipinski definition) is 3. The Bertz CT molecular complexity index is 396. The van der Waals surface area contributed by atoms with Crippen LogP contribution in [0.4, 0.5) is 5.69 Å². The quantitative estimate of drug-likeness (QED) is 0.582. The fraction of sp³-hybridized carbons (Fsp3) is 0.571. The summed E-state index contributed by atoms with van der Waals surface area (Å²) in [5.41, 5.74) is 0.931. The molecule has 0 saturated heterocycles. The lowest BCUT2D eigenvalue weighted by Crippen LogP contribution is -2.36. The number of anilines is 1. The van der Waals surface area contributed by atoms with Gasteiger partial charge in [-0.1, -0.05) is 38.3 Å². The highest BCUT2D eigenvalue weighted by atomic mass is 32.2. The fourth-order valence-electron chi connectivity index (χ4n) is 2.08. The first-order valence-corrected chi connectivity index (χ1v) is 7.81. The van der Waals surface area contributed by atoms with Crippen LogP contribution in [0.5, 0.6) is 0 Å². The number of benzene rings is 1. The summed E-state index contributed by atoms with van der Waals surface area (Å²) in [5, 5.41) is -0.396. The molecule has 0 aromatic heterocycles. The Morgan fingerprint density at radius 2 is 2.11 bits per heavy atom. The van der Waals surface area contributed by atoms with E-state index in [2.05, 4.69) is 13.0 Å². The van der Waals surface area contributed by atoms with E-state index in [1.54, 1.807) is 0 Å². The molecule has 0 N–H and O–H groups in total. The van der Waals surface area contributed by atoms with Gasteiger partial charge in [0.2, 0.25) is 0 Å². The lowest BCUT2D eigenvalue weighted by atomic mass is 10.2. The summed E-state index contributed by atoms with van der Waals surface area (Å²) >= 11 is 0. The van der Waals surface area contributed by atoms with Gasteiger partial charge < -0.3 is 4.90 Å². The van der Waals surface area contributed by atoms with Gasteiger partial charge in [0.25, 0.3) is 0 Å². The van der Waals surface area contributed by atoms with Crippen LogP contribution in [-0.2, 0) is 10.7 Å². The molecule has 3 nitrogen and oxygen atoms in total. The van der Waals surface area contributed by atoms with Crippen LogP contribution >= 0.6 is 0 Å². The lowest BCUT2D eigenvalue weighted by Gasteiger charge is -2.29. The smallest absolute Gasteiger partial charge is 0.161 e. The molecule has 0 fully saturated rings. The SMILES string of the molecule is CCCCCC(N(CC)c1c[c]ccc1)[SH](=O)=O. The molecule has 18 heavy (non-hydrogen) atoms. The third-order valence-corrected chi connectivity index (χ3v) is 4.06. The van der Waals surface area contributed by atoms with Crippen molar-refractivity contribution in [1.29, 1.82) is 0 Å². The van der Waals surface area contributed by atoms with Crippen LogP contribution in [0, 0.1) is 6.07 Å². The zero-order valence-electron chi connectivity index (χ0n) is 11.1. The van der Waals surface area contributed by atoms with E-state index >= 15 is 0 Å². The third kappa shape index (κ3) is 4.33. The van der Waals surface area contributed by atoms with E-state index in [1.165, 1.54) is 0 Å². The van der Waals surface area contributed by atoms with Gasteiger partial charge in [0.15, 0.2) is 10.7 Å². The molecule has 0 amide bonds. The summed E-state index contributed by atoms with van der Waals surface area (Å²) < 4.78 is 22.9. The van der Waals surface area contributed by atoms with Crippen LogP contribution < -0.4 is 4.90 Å². The summed E-state index contributed by atoms with van der Waals surface area (Å²) in [6.07, 6.45) is 3.85. The second-order valence-corrected chi connectivity index (χ2v) is 5.48. The molecule has 0 saturated carbocycles. The van der Waals surface area contributed by atoms with Crippen molar-refractivity contribution in [3.05, 3.63) is 30.3 Å². The second kappa shape index (κ2) is 8.14. The molecule has 1 unspecified atom stereocenters. The van der Waals surface area contributed by atoms with Crippen LogP contribution in [0.3, 0.4) is 0 Å². The zero-order valence-corrected chi connectivity index (χ0v) is 12.0. The van der Waals surface area contributed by atoms with Gasteiger partial charge in [0.05, 0.1) is 0 Å². The molecule has 1 rings (SSSR count). The average Bonchev–Trinajstić information content (AvgIpc) is 2.39. The van der Waals surface area contributed by atoms with E-state index in [9.17, 15) is 8.42 Å². The zero-order chi connectivity index (χ0) is 13.4. The molecule has 4 heteroatoms. The molecular weight excluding hydrogens is 246 g/mol. The van der Waals surface area contributed by atoms with Gasteiger partial charge in [0, 0.05) is 12.2 Å². The van der Waals surface area contributed by atoms with Gasteiger partial charge in [-0.3, -0.25) is 0 Å². The highest BCUT2D eigenvalue weighted by Gasteiger charge is 2.19. The Labute approximate surface area is 112 Å². The number of thiol groups is 1. The van der Waals surface area contributed by atoms with E-state index < -0.39 is 16.1 Å². The van der Waals surface area contributed by atoms with Crippen molar-refractivity contribution in [1.82, 2.24) is 0 Å². The second-order valence-electron chi connectivity index (χ2n) is 4.31. The van der Waals surface area contributed by atoms with Crippen molar-refractivity contribution in [3.8, 4) is 0 Å². The molecule has 101 valence electrons. The standard InChI is InChI=1S/C14H22NO2S/c1-3-5-7-12-14(18(16)17)15(4-2)13-10-8-6-9-11-13/h6,8,10-11,14,18H,3-5,7,12H2,1-2H3. The molecule has 0 spiro atoms. The summed E-state index contributed by atoms with van der Waals surface area (Å²) in [5.74, 6) is 0. The van der Waals surface area contributed by atoms with Gasteiger partial charge in [0.1, 0.15) is 5.37 Å². The fourth-order valence-corrected chi connectivity index (χ4v) is 3.00. The Hall–Kier alpha value is -1.03. The number of hydrogen-bond donors (Lipinski definition) is 1. The number of unbranched alkanes of at least 4 members (excludes halogenated alkanes) is 2. The minimum Gasteiger partial charge on any atom is -0.355 e. The van der Waals surface area contributed by atoms with E-state index in [-0.39, 0.29) is 0 Å². The summed E-state index contributed by atoms with van der Waals surface area (Å²) in [7, 11) is -2.44. The summed E-state index contributed by atoms with van der Waals surface area (Å²) in [6, 6.07) is 10.5. The van der Waals surface area contributed by atoms with E-state index in [0.29, 0.717) is 13.0 Å². The van der Waals surface area contributed by atoms with Crippen LogP contribution in [0.2, 0.25) is 0 Å². The molecule has 0 aliphatic rings. The molecule has 1 aromatic rings. The van der Waals surface area contributed by atoms with Gasteiger partial charge in [-0.2, -0.15) is 0 Å². The summed E-state index contributed by atoms with van der Waals surface area (Å²) in [6.45, 7) is 4.80. The van der Waals surface area contributed by atoms with Crippen molar-refractivity contribution >= 4 is 16.4 Å². The van der Waals surface area contributed by atoms with Crippen LogP contribution in [0.25, 0.3) is 0 Å². The molecule has 0 aliphatic carbocycles. The van der Waals surface area contributed by atoms with Crippen LogP contribution in [0.1, 0.15) is 39.5 Å². The Morgan fingerprint density at radius 3 is 2.61 bits per heavy atom. The molecule has 0 heterocycles. The predicted molar refractivity (Wildman–Crippen MR) is 76.5 cm³/mol. The van der Waals surface area contributed by atoms with Crippen LogP contribution in [-0.4, -0.2) is 20.3 Å². The Balaban J connectivity index is 2.81. The van der Waals surface area contributed by atoms with Crippen molar-refractivity contribution in [2.75, 3.05) is 11.4 Å². The van der Waals surface area contributed by atoms with Gasteiger partial charge >= 0.3 is 0 Å². The van der Waals surface area contributed by atoms with Gasteiger partial charge in [-0.25, -0.2) is 8.42 Å². The highest BCUT2D eigenvalue weighted by molar-refractivity contribution is 7.73. The predicted octanol–water partition coefficient (Wildman–Crippen LogP) is 2.83. The topological polar surface area (TPSA) is 37.4 Å². The number of rotatable bonds is 8. The first-order chi connectivity index (χ1) is 8.70.